The van der Waals surface area contributed by atoms with Crippen LogP contribution in [0.3, 0.4) is 0 Å². The van der Waals surface area contributed by atoms with Gasteiger partial charge in [0.25, 0.3) is 0 Å². The summed E-state index contributed by atoms with van der Waals surface area (Å²) in [6.07, 6.45) is 0.428. The Kier molecular flexibility index (Phi) is 3.91. The zero-order chi connectivity index (χ0) is 14.1. The monoisotopic (exact) mass is 290 g/mol. The van der Waals surface area contributed by atoms with Crippen LogP contribution in [0.2, 0.25) is 0 Å². The Labute approximate surface area is 110 Å². The summed E-state index contributed by atoms with van der Waals surface area (Å²) in [7, 11) is -3.41. The molecule has 19 heavy (non-hydrogen) atoms. The molecule has 1 aliphatic heterocycles. The fourth-order valence-corrected chi connectivity index (χ4v) is 3.04. The topological polar surface area (TPSA) is 72.8 Å². The van der Waals surface area contributed by atoms with Gasteiger partial charge in [0.2, 0.25) is 5.79 Å². The van der Waals surface area contributed by atoms with Crippen molar-refractivity contribution in [3.63, 3.8) is 0 Å². The van der Waals surface area contributed by atoms with Gasteiger partial charge in [-0.05, 0) is 12.1 Å². The third-order valence-electron chi connectivity index (χ3n) is 2.78. The molecule has 7 heteroatoms. The summed E-state index contributed by atoms with van der Waals surface area (Å²) in [5.41, 5.74) is 0.286. The Balaban J connectivity index is 2.40. The zero-order valence-electron chi connectivity index (χ0n) is 10.4. The Morgan fingerprint density at radius 2 is 2.26 bits per heavy atom. The number of hydrogen-bond acceptors (Lipinski definition) is 5. The van der Waals surface area contributed by atoms with Crippen LogP contribution in [-0.4, -0.2) is 44.9 Å². The molecule has 1 fully saturated rings. The predicted octanol–water partition coefficient (Wildman–Crippen LogP) is 0.431. The maximum Gasteiger partial charge on any atom is 0.209 e. The average Bonchev–Trinajstić information content (AvgIpc) is 2.71. The molecule has 0 bridgehead atoms. The molecular formula is C12H15FO5S. The third kappa shape index (κ3) is 3.30. The van der Waals surface area contributed by atoms with Gasteiger partial charge < -0.3 is 14.6 Å². The zero-order valence-corrected chi connectivity index (χ0v) is 11.2. The van der Waals surface area contributed by atoms with E-state index in [1.54, 1.807) is 0 Å². The van der Waals surface area contributed by atoms with Gasteiger partial charge in [-0.15, -0.1) is 0 Å². The third-order valence-corrected chi connectivity index (χ3v) is 3.68. The van der Waals surface area contributed by atoms with E-state index in [-0.39, 0.29) is 18.8 Å². The standard InChI is InChI=1S/C12H15FO5S/c1-19(15,16)8-12(17-7-11(6-14)18-12)9-3-2-4-10(13)5-9/h2-5,11,14H,6-8H2,1H3/t11-,12+/m0/s1. The van der Waals surface area contributed by atoms with Crippen LogP contribution in [0.25, 0.3) is 0 Å². The van der Waals surface area contributed by atoms with Gasteiger partial charge in [0.05, 0.1) is 13.2 Å². The van der Waals surface area contributed by atoms with Crippen molar-refractivity contribution in [2.45, 2.75) is 11.9 Å². The highest BCUT2D eigenvalue weighted by Gasteiger charge is 2.45. The molecule has 0 amide bonds. The number of sulfone groups is 1. The highest BCUT2D eigenvalue weighted by Crippen LogP contribution is 2.35. The van der Waals surface area contributed by atoms with Crippen LogP contribution in [0.1, 0.15) is 5.56 Å². The molecule has 2 rings (SSSR count). The van der Waals surface area contributed by atoms with Crippen LogP contribution in [-0.2, 0) is 25.1 Å². The number of ether oxygens (including phenoxy) is 2. The van der Waals surface area contributed by atoms with Crippen molar-refractivity contribution in [2.24, 2.45) is 0 Å². The van der Waals surface area contributed by atoms with Crippen LogP contribution in [0, 0.1) is 5.82 Å². The SMILES string of the molecule is CS(=O)(=O)C[C@@]1(c2cccc(F)c2)OC[C@H](CO)O1. The van der Waals surface area contributed by atoms with Crippen LogP contribution in [0.4, 0.5) is 4.39 Å². The number of halogens is 1. The first-order valence-electron chi connectivity index (χ1n) is 5.71. The summed E-state index contributed by atoms with van der Waals surface area (Å²) in [6.45, 7) is -0.233. The smallest absolute Gasteiger partial charge is 0.209 e. The lowest BCUT2D eigenvalue weighted by Gasteiger charge is -2.27. The van der Waals surface area contributed by atoms with Gasteiger partial charge in [-0.3, -0.25) is 0 Å². The van der Waals surface area contributed by atoms with Crippen molar-refractivity contribution in [1.29, 1.82) is 0 Å². The summed E-state index contributed by atoms with van der Waals surface area (Å²) in [5, 5.41) is 9.07. The molecule has 0 saturated carbocycles. The second-order valence-corrected chi connectivity index (χ2v) is 6.71. The van der Waals surface area contributed by atoms with Crippen molar-refractivity contribution in [2.75, 3.05) is 25.2 Å². The Morgan fingerprint density at radius 1 is 1.53 bits per heavy atom. The van der Waals surface area contributed by atoms with E-state index < -0.39 is 33.3 Å². The second kappa shape index (κ2) is 5.16. The summed E-state index contributed by atoms with van der Waals surface area (Å²) >= 11 is 0. The number of benzene rings is 1. The maximum absolute atomic E-state index is 13.3. The van der Waals surface area contributed by atoms with Crippen LogP contribution >= 0.6 is 0 Å². The normalized spacial score (nSPS) is 27.6. The van der Waals surface area contributed by atoms with Crippen LogP contribution in [0.15, 0.2) is 24.3 Å². The molecule has 0 spiro atoms. The quantitative estimate of drug-likeness (QED) is 0.870. The maximum atomic E-state index is 13.3. The number of hydrogen-bond donors (Lipinski definition) is 1. The van der Waals surface area contributed by atoms with E-state index in [1.165, 1.54) is 24.3 Å². The Hall–Kier alpha value is -1.02. The first-order chi connectivity index (χ1) is 8.85. The molecule has 0 radical (unpaired) electrons. The lowest BCUT2D eigenvalue weighted by molar-refractivity contribution is -0.162. The molecule has 0 unspecified atom stereocenters. The van der Waals surface area contributed by atoms with Crippen molar-refractivity contribution in [3.8, 4) is 0 Å². The van der Waals surface area contributed by atoms with Crippen molar-refractivity contribution < 1.29 is 27.4 Å². The molecule has 0 aromatic heterocycles. The van der Waals surface area contributed by atoms with Crippen molar-refractivity contribution in [1.82, 2.24) is 0 Å². The van der Waals surface area contributed by atoms with Gasteiger partial charge in [0.1, 0.15) is 17.7 Å². The van der Waals surface area contributed by atoms with Gasteiger partial charge in [0, 0.05) is 11.8 Å². The number of rotatable bonds is 4. The van der Waals surface area contributed by atoms with Crippen molar-refractivity contribution in [3.05, 3.63) is 35.6 Å². The van der Waals surface area contributed by atoms with Crippen LogP contribution in [0.5, 0.6) is 0 Å². The fourth-order valence-electron chi connectivity index (χ4n) is 2.04. The van der Waals surface area contributed by atoms with Gasteiger partial charge in [0.15, 0.2) is 9.84 Å². The van der Waals surface area contributed by atoms with Gasteiger partial charge in [-0.1, -0.05) is 12.1 Å². The molecule has 1 aromatic carbocycles. The summed E-state index contributed by atoms with van der Waals surface area (Å²) in [6, 6.07) is 5.41. The highest BCUT2D eigenvalue weighted by atomic mass is 32.2. The average molecular weight is 290 g/mol. The van der Waals surface area contributed by atoms with E-state index in [2.05, 4.69) is 0 Å². The van der Waals surface area contributed by atoms with E-state index in [9.17, 15) is 12.8 Å². The molecular weight excluding hydrogens is 275 g/mol. The molecule has 1 aliphatic rings. The second-order valence-electron chi connectivity index (χ2n) is 4.57. The first-order valence-corrected chi connectivity index (χ1v) is 7.77. The molecule has 1 saturated heterocycles. The minimum Gasteiger partial charge on any atom is -0.394 e. The highest BCUT2D eigenvalue weighted by molar-refractivity contribution is 7.90. The van der Waals surface area contributed by atoms with Crippen LogP contribution < -0.4 is 0 Å². The fraction of sp³-hybridized carbons (Fsp3) is 0.500. The van der Waals surface area contributed by atoms with E-state index in [1.807, 2.05) is 0 Å². The first kappa shape index (κ1) is 14.4. The minimum atomic E-state index is -3.41. The molecule has 2 atom stereocenters. The van der Waals surface area contributed by atoms with E-state index >= 15 is 0 Å². The van der Waals surface area contributed by atoms with E-state index in [4.69, 9.17) is 14.6 Å². The molecule has 0 aliphatic carbocycles. The largest absolute Gasteiger partial charge is 0.394 e. The Bertz CT molecular complexity index is 559. The molecule has 1 N–H and O–H groups in total. The lowest BCUT2D eigenvalue weighted by Crippen LogP contribution is -2.36. The number of aliphatic hydroxyl groups excluding tert-OH is 1. The lowest BCUT2D eigenvalue weighted by atomic mass is 10.1. The van der Waals surface area contributed by atoms with Gasteiger partial charge in [-0.25, -0.2) is 12.8 Å². The van der Waals surface area contributed by atoms with Gasteiger partial charge >= 0.3 is 0 Å². The number of aliphatic hydroxyl groups is 1. The van der Waals surface area contributed by atoms with Crippen molar-refractivity contribution >= 4 is 9.84 Å². The molecule has 1 heterocycles. The summed E-state index contributed by atoms with van der Waals surface area (Å²) in [5.74, 6) is -2.49. The molecule has 1 aromatic rings. The Morgan fingerprint density at radius 3 is 2.79 bits per heavy atom. The summed E-state index contributed by atoms with van der Waals surface area (Å²) < 4.78 is 47.3. The predicted molar refractivity (Wildman–Crippen MR) is 65.7 cm³/mol. The molecule has 5 nitrogen and oxygen atoms in total. The summed E-state index contributed by atoms with van der Waals surface area (Å²) in [4.78, 5) is 0. The van der Waals surface area contributed by atoms with Gasteiger partial charge in [-0.2, -0.15) is 0 Å². The van der Waals surface area contributed by atoms with E-state index in [0.29, 0.717) is 0 Å². The molecule has 106 valence electrons. The van der Waals surface area contributed by atoms with E-state index in [0.717, 1.165) is 6.26 Å². The minimum absolute atomic E-state index is 0.0581.